The number of aromatic nitrogens is 1. The zero-order chi connectivity index (χ0) is 34.4. The topological polar surface area (TPSA) is 119 Å². The van der Waals surface area contributed by atoms with Crippen LogP contribution in [0, 0.1) is 11.8 Å². The highest BCUT2D eigenvalue weighted by Crippen LogP contribution is 2.40. The van der Waals surface area contributed by atoms with E-state index in [1.54, 1.807) is 37.8 Å². The molecule has 2 aromatic carbocycles. The van der Waals surface area contributed by atoms with Crippen LogP contribution in [0.1, 0.15) is 88.7 Å². The van der Waals surface area contributed by atoms with Crippen molar-refractivity contribution in [3.63, 3.8) is 0 Å². The maximum absolute atomic E-state index is 14.1. The van der Waals surface area contributed by atoms with Crippen LogP contribution in [0.2, 0.25) is 0 Å². The summed E-state index contributed by atoms with van der Waals surface area (Å²) in [4.78, 5) is 54.7. The van der Waals surface area contributed by atoms with Gasteiger partial charge in [0.15, 0.2) is 5.72 Å². The monoisotopic (exact) mass is 660 g/mol. The Bertz CT molecular complexity index is 1710. The minimum atomic E-state index is -0.812. The Balaban J connectivity index is 1.17. The lowest BCUT2D eigenvalue weighted by molar-refractivity contribution is -0.141. The van der Waals surface area contributed by atoms with E-state index in [9.17, 15) is 23.6 Å². The lowest BCUT2D eigenvalue weighted by Gasteiger charge is -2.36. The molecular formula is C37H45FN4O6. The molecule has 0 bridgehead atoms. The standard InChI is InChI=1S/C37H45FN4O6/c1-36(2,3)48-35(46)40-28(21-38)23-11-13-24(14-12-23)33(44)41-18-17-27(22-9-7-6-8-10-22)31(41)32(43)39-26-15-16-29-25(19-26)20-30-34(45)47-37(4,5)42(29)30/h6-10,15-16,19-20,23-24,27-28,31H,11-14,17-18,21H2,1-5H3,(H,39,43)(H,40,46)/t23-,24-,27-,28-,31+/m1/s1. The Morgan fingerprint density at radius 3 is 2.40 bits per heavy atom. The first-order valence-electron chi connectivity index (χ1n) is 16.9. The van der Waals surface area contributed by atoms with E-state index >= 15 is 0 Å². The zero-order valence-electron chi connectivity index (χ0n) is 28.3. The molecule has 3 atom stereocenters. The molecule has 0 unspecified atom stereocenters. The SMILES string of the molecule is CC(C)(C)OC(=O)N[C@H](CF)[C@H]1CC[C@H](C(=O)N2CC[C@H](c3ccccc3)[C@H]2C(=O)Nc2ccc3c(c2)cc2n3C(C)(C)OC2=O)CC1. The molecule has 3 heterocycles. The zero-order valence-corrected chi connectivity index (χ0v) is 28.3. The van der Waals surface area contributed by atoms with Crippen LogP contribution in [0.4, 0.5) is 14.9 Å². The number of benzene rings is 2. The number of alkyl halides is 1. The Kier molecular flexibility index (Phi) is 9.00. The van der Waals surface area contributed by atoms with Crippen LogP contribution in [0.25, 0.3) is 10.9 Å². The number of likely N-dealkylation sites (tertiary alicyclic amines) is 1. The van der Waals surface area contributed by atoms with Gasteiger partial charge in [-0.25, -0.2) is 14.0 Å². The summed E-state index contributed by atoms with van der Waals surface area (Å²) in [7, 11) is 0. The molecule has 1 aliphatic carbocycles. The molecule has 1 saturated heterocycles. The van der Waals surface area contributed by atoms with Gasteiger partial charge in [-0.2, -0.15) is 0 Å². The van der Waals surface area contributed by atoms with Gasteiger partial charge in [0.1, 0.15) is 24.0 Å². The van der Waals surface area contributed by atoms with E-state index < -0.39 is 36.2 Å². The van der Waals surface area contributed by atoms with Crippen LogP contribution in [0.15, 0.2) is 54.6 Å². The molecule has 3 aliphatic rings. The van der Waals surface area contributed by atoms with Crippen molar-refractivity contribution in [1.29, 1.82) is 0 Å². The fraction of sp³-hybridized carbons (Fsp3) is 0.514. The predicted molar refractivity (Wildman–Crippen MR) is 179 cm³/mol. The molecule has 1 saturated carbocycles. The van der Waals surface area contributed by atoms with Crippen molar-refractivity contribution in [2.45, 2.75) is 96.1 Å². The molecule has 256 valence electrons. The van der Waals surface area contributed by atoms with Crippen molar-refractivity contribution in [2.75, 3.05) is 18.5 Å². The Labute approximate surface area is 280 Å². The lowest BCUT2D eigenvalue weighted by atomic mass is 9.78. The van der Waals surface area contributed by atoms with Crippen molar-refractivity contribution >= 4 is 40.5 Å². The van der Waals surface area contributed by atoms with Crippen LogP contribution in [0.5, 0.6) is 0 Å². The molecule has 0 radical (unpaired) electrons. The number of anilines is 1. The van der Waals surface area contributed by atoms with E-state index in [-0.39, 0.29) is 35.5 Å². The van der Waals surface area contributed by atoms with Gasteiger partial charge in [-0.05, 0) is 102 Å². The summed E-state index contributed by atoms with van der Waals surface area (Å²) in [6.45, 7) is 8.67. The molecule has 0 spiro atoms. The number of alkyl carbamates (subject to hydrolysis) is 1. The average molecular weight is 661 g/mol. The number of halogens is 1. The van der Waals surface area contributed by atoms with Crippen LogP contribution in [0.3, 0.4) is 0 Å². The molecule has 2 fully saturated rings. The molecule has 1 aromatic heterocycles. The van der Waals surface area contributed by atoms with Gasteiger partial charge >= 0.3 is 12.1 Å². The second kappa shape index (κ2) is 12.9. The van der Waals surface area contributed by atoms with Gasteiger partial charge in [0.05, 0.1) is 11.6 Å². The summed E-state index contributed by atoms with van der Waals surface area (Å²) in [5.41, 5.74) is 1.36. The molecule has 6 rings (SSSR count). The summed E-state index contributed by atoms with van der Waals surface area (Å²) in [5, 5.41) is 6.55. The summed E-state index contributed by atoms with van der Waals surface area (Å²) in [6.07, 6.45) is 2.26. The Hall–Kier alpha value is -4.41. The number of amides is 3. The first-order chi connectivity index (χ1) is 22.8. The lowest BCUT2D eigenvalue weighted by Crippen LogP contribution is -2.49. The predicted octanol–water partition coefficient (Wildman–Crippen LogP) is 6.50. The molecule has 10 nitrogen and oxygen atoms in total. The van der Waals surface area contributed by atoms with Crippen LogP contribution < -0.4 is 10.6 Å². The van der Waals surface area contributed by atoms with Gasteiger partial charge in [0.25, 0.3) is 0 Å². The second-order valence-corrected chi connectivity index (χ2v) is 14.8. The molecular weight excluding hydrogens is 615 g/mol. The Morgan fingerprint density at radius 1 is 1.02 bits per heavy atom. The minimum absolute atomic E-state index is 0.0658. The van der Waals surface area contributed by atoms with E-state index in [1.807, 2.05) is 60.9 Å². The molecule has 3 amide bonds. The number of nitrogens with zero attached hydrogens (tertiary/aromatic N) is 2. The number of nitrogens with one attached hydrogen (secondary N) is 2. The highest BCUT2D eigenvalue weighted by molar-refractivity contribution is 6.02. The highest BCUT2D eigenvalue weighted by atomic mass is 19.1. The molecule has 3 aromatic rings. The third-order valence-electron chi connectivity index (χ3n) is 9.90. The van der Waals surface area contributed by atoms with E-state index in [4.69, 9.17) is 9.47 Å². The van der Waals surface area contributed by atoms with Crippen molar-refractivity contribution in [2.24, 2.45) is 11.8 Å². The van der Waals surface area contributed by atoms with Crippen molar-refractivity contribution < 1.29 is 33.0 Å². The largest absolute Gasteiger partial charge is 0.444 e. The van der Waals surface area contributed by atoms with E-state index in [1.165, 1.54) is 0 Å². The van der Waals surface area contributed by atoms with Crippen LogP contribution >= 0.6 is 0 Å². The summed E-state index contributed by atoms with van der Waals surface area (Å²) < 4.78 is 26.7. The minimum Gasteiger partial charge on any atom is -0.444 e. The molecule has 48 heavy (non-hydrogen) atoms. The number of esters is 1. The van der Waals surface area contributed by atoms with Crippen molar-refractivity contribution in [3.8, 4) is 0 Å². The fourth-order valence-electron chi connectivity index (χ4n) is 7.72. The summed E-state index contributed by atoms with van der Waals surface area (Å²) >= 11 is 0. The summed E-state index contributed by atoms with van der Waals surface area (Å²) in [5.74, 6) is -1.31. The number of carbonyl (C=O) groups excluding carboxylic acids is 4. The number of ether oxygens (including phenoxy) is 2. The maximum atomic E-state index is 14.1. The maximum Gasteiger partial charge on any atom is 0.407 e. The van der Waals surface area contributed by atoms with Gasteiger partial charge in [0, 0.05) is 29.5 Å². The van der Waals surface area contributed by atoms with Gasteiger partial charge < -0.3 is 25.0 Å². The normalized spacial score (nSPS) is 24.1. The third kappa shape index (κ3) is 6.64. The number of rotatable bonds is 7. The van der Waals surface area contributed by atoms with Crippen LogP contribution in [-0.2, 0) is 24.8 Å². The molecule has 2 N–H and O–H groups in total. The molecule has 11 heteroatoms. The number of fused-ring (bicyclic) bond motifs is 3. The second-order valence-electron chi connectivity index (χ2n) is 14.8. The number of cyclic esters (lactones) is 1. The quantitative estimate of drug-likeness (QED) is 0.280. The average Bonchev–Trinajstić information content (AvgIpc) is 3.71. The summed E-state index contributed by atoms with van der Waals surface area (Å²) in [6, 6.07) is 15.7. The van der Waals surface area contributed by atoms with Gasteiger partial charge in [-0.1, -0.05) is 30.3 Å². The number of carbonyl (C=O) groups is 4. The smallest absolute Gasteiger partial charge is 0.407 e. The van der Waals surface area contributed by atoms with Gasteiger partial charge in [-0.3, -0.25) is 14.2 Å². The highest BCUT2D eigenvalue weighted by Gasteiger charge is 2.45. The van der Waals surface area contributed by atoms with Gasteiger partial charge in [-0.15, -0.1) is 0 Å². The van der Waals surface area contributed by atoms with Gasteiger partial charge in [0.2, 0.25) is 11.8 Å². The van der Waals surface area contributed by atoms with E-state index in [0.29, 0.717) is 50.0 Å². The molecule has 2 aliphatic heterocycles. The fourth-order valence-corrected chi connectivity index (χ4v) is 7.72. The van der Waals surface area contributed by atoms with Crippen molar-refractivity contribution in [3.05, 3.63) is 65.9 Å². The van der Waals surface area contributed by atoms with Crippen molar-refractivity contribution in [1.82, 2.24) is 14.8 Å². The van der Waals surface area contributed by atoms with E-state index in [2.05, 4.69) is 10.6 Å². The number of hydrogen-bond acceptors (Lipinski definition) is 6. The Morgan fingerprint density at radius 2 is 1.73 bits per heavy atom. The first-order valence-corrected chi connectivity index (χ1v) is 16.9. The number of hydrogen-bond donors (Lipinski definition) is 2. The van der Waals surface area contributed by atoms with Crippen LogP contribution in [-0.4, -0.2) is 64.2 Å². The van der Waals surface area contributed by atoms with E-state index in [0.717, 1.165) is 16.5 Å². The first kappa shape index (κ1) is 33.5. The third-order valence-corrected chi connectivity index (χ3v) is 9.90.